The minimum Gasteiger partial charge on any atom is -0.497 e. The number of piperazine rings is 1. The van der Waals surface area contributed by atoms with Gasteiger partial charge in [-0.15, -0.1) is 0 Å². The van der Waals surface area contributed by atoms with Crippen molar-refractivity contribution in [1.29, 1.82) is 0 Å². The summed E-state index contributed by atoms with van der Waals surface area (Å²) in [6.45, 7) is 7.98. The zero-order valence-electron chi connectivity index (χ0n) is 18.3. The van der Waals surface area contributed by atoms with E-state index in [4.69, 9.17) is 9.84 Å². The number of aromatic nitrogens is 2. The van der Waals surface area contributed by atoms with E-state index in [1.165, 1.54) is 5.69 Å². The molecule has 3 aromatic rings. The summed E-state index contributed by atoms with van der Waals surface area (Å²) in [5, 5.41) is 7.73. The summed E-state index contributed by atoms with van der Waals surface area (Å²) in [6.07, 6.45) is 0. The molecule has 2 heterocycles. The molecule has 162 valence electrons. The topological polar surface area (TPSA) is 62.6 Å². The van der Waals surface area contributed by atoms with Crippen molar-refractivity contribution in [3.8, 4) is 11.4 Å². The number of carbonyl (C=O) groups excluding carboxylic acids is 1. The number of para-hydroxylation sites is 1. The van der Waals surface area contributed by atoms with Gasteiger partial charge in [0.2, 0.25) is 5.91 Å². The van der Waals surface area contributed by atoms with E-state index >= 15 is 0 Å². The third-order valence-corrected chi connectivity index (χ3v) is 5.66. The van der Waals surface area contributed by atoms with Crippen LogP contribution in [0.25, 0.3) is 5.69 Å². The lowest BCUT2D eigenvalue weighted by Crippen LogP contribution is -2.49. The van der Waals surface area contributed by atoms with Gasteiger partial charge in [0.05, 0.1) is 36.4 Å². The number of rotatable bonds is 6. The monoisotopic (exact) mass is 419 g/mol. The van der Waals surface area contributed by atoms with E-state index < -0.39 is 0 Å². The van der Waals surface area contributed by atoms with Crippen LogP contribution in [0, 0.1) is 13.8 Å². The highest BCUT2D eigenvalue weighted by atomic mass is 16.5. The number of anilines is 2. The van der Waals surface area contributed by atoms with Gasteiger partial charge in [-0.05, 0) is 38.1 Å². The van der Waals surface area contributed by atoms with Crippen molar-refractivity contribution in [2.45, 2.75) is 13.8 Å². The third-order valence-electron chi connectivity index (χ3n) is 5.66. The lowest BCUT2D eigenvalue weighted by atomic mass is 10.2. The number of nitrogens with zero attached hydrogens (tertiary/aromatic N) is 4. The van der Waals surface area contributed by atoms with Crippen LogP contribution < -0.4 is 15.0 Å². The van der Waals surface area contributed by atoms with Crippen molar-refractivity contribution in [2.24, 2.45) is 0 Å². The van der Waals surface area contributed by atoms with Crippen molar-refractivity contribution < 1.29 is 9.53 Å². The summed E-state index contributed by atoms with van der Waals surface area (Å²) in [7, 11) is 1.62. The van der Waals surface area contributed by atoms with E-state index in [0.717, 1.165) is 54.7 Å². The maximum atomic E-state index is 12.5. The molecule has 1 aliphatic heterocycles. The highest BCUT2D eigenvalue weighted by molar-refractivity contribution is 5.92. The number of methoxy groups -OCH3 is 1. The number of benzene rings is 2. The van der Waals surface area contributed by atoms with Crippen molar-refractivity contribution in [3.05, 3.63) is 66.0 Å². The number of hydrogen-bond donors (Lipinski definition) is 1. The van der Waals surface area contributed by atoms with Crippen molar-refractivity contribution in [3.63, 3.8) is 0 Å². The summed E-state index contributed by atoms with van der Waals surface area (Å²) >= 11 is 0. The minimum absolute atomic E-state index is 0.00837. The molecule has 0 atom stereocenters. The highest BCUT2D eigenvalue weighted by Gasteiger charge is 2.24. The summed E-state index contributed by atoms with van der Waals surface area (Å²) in [4.78, 5) is 17.1. The molecule has 4 rings (SSSR count). The Hall–Kier alpha value is -3.32. The van der Waals surface area contributed by atoms with Crippen LogP contribution >= 0.6 is 0 Å². The van der Waals surface area contributed by atoms with Gasteiger partial charge in [0.25, 0.3) is 0 Å². The normalized spacial score (nSPS) is 14.5. The number of carbonyl (C=O) groups is 1. The number of ether oxygens (including phenoxy) is 1. The van der Waals surface area contributed by atoms with Crippen LogP contribution in [0.2, 0.25) is 0 Å². The molecule has 1 N–H and O–H groups in total. The highest BCUT2D eigenvalue weighted by Crippen LogP contribution is 2.27. The van der Waals surface area contributed by atoms with Gasteiger partial charge in [-0.25, -0.2) is 4.68 Å². The molecular formula is C24H29N5O2. The molecule has 0 saturated carbocycles. The lowest BCUT2D eigenvalue weighted by Gasteiger charge is -2.35. The second-order valence-electron chi connectivity index (χ2n) is 7.81. The molecule has 0 aliphatic carbocycles. The number of nitrogens with one attached hydrogen (secondary N) is 1. The zero-order valence-corrected chi connectivity index (χ0v) is 18.3. The average molecular weight is 420 g/mol. The molecule has 0 spiro atoms. The standard InChI is InChI=1S/C24H29N5O2/c1-18-24(19(2)29(26-18)21-9-5-4-6-10-21)28-14-12-27(13-15-28)17-23(30)25-20-8-7-11-22(16-20)31-3/h4-11,16H,12-15,17H2,1-3H3,(H,25,30). The van der Waals surface area contributed by atoms with Gasteiger partial charge < -0.3 is 15.0 Å². The summed E-state index contributed by atoms with van der Waals surface area (Å²) < 4.78 is 7.23. The molecule has 1 amide bonds. The maximum absolute atomic E-state index is 12.5. The third kappa shape index (κ3) is 4.72. The molecule has 0 bridgehead atoms. The Kier molecular flexibility index (Phi) is 6.23. The molecule has 7 heteroatoms. The Balaban J connectivity index is 1.36. The largest absolute Gasteiger partial charge is 0.497 e. The molecule has 2 aromatic carbocycles. The number of amides is 1. The van der Waals surface area contributed by atoms with Gasteiger partial charge in [-0.1, -0.05) is 24.3 Å². The van der Waals surface area contributed by atoms with Gasteiger partial charge in [0.15, 0.2) is 0 Å². The SMILES string of the molecule is COc1cccc(NC(=O)CN2CCN(c3c(C)nn(-c4ccccc4)c3C)CC2)c1. The Morgan fingerprint density at radius 3 is 2.48 bits per heavy atom. The van der Waals surface area contributed by atoms with E-state index in [0.29, 0.717) is 6.54 Å². The molecule has 1 saturated heterocycles. The Bertz CT molecular complexity index is 1040. The minimum atomic E-state index is -0.00837. The van der Waals surface area contributed by atoms with Crippen LogP contribution in [0.4, 0.5) is 11.4 Å². The fraction of sp³-hybridized carbons (Fsp3) is 0.333. The lowest BCUT2D eigenvalue weighted by molar-refractivity contribution is -0.117. The maximum Gasteiger partial charge on any atom is 0.238 e. The van der Waals surface area contributed by atoms with Crippen molar-refractivity contribution >= 4 is 17.3 Å². The smallest absolute Gasteiger partial charge is 0.238 e. The second kappa shape index (κ2) is 9.22. The summed E-state index contributed by atoms with van der Waals surface area (Å²) in [5.41, 5.74) is 5.20. The molecule has 0 unspecified atom stereocenters. The van der Waals surface area contributed by atoms with Crippen molar-refractivity contribution in [1.82, 2.24) is 14.7 Å². The van der Waals surface area contributed by atoms with Crippen molar-refractivity contribution in [2.75, 3.05) is 50.1 Å². The number of hydrogen-bond acceptors (Lipinski definition) is 5. The summed E-state index contributed by atoms with van der Waals surface area (Å²) in [6, 6.07) is 17.6. The predicted octanol–water partition coefficient (Wildman–Crippen LogP) is 3.26. The van der Waals surface area contributed by atoms with Gasteiger partial charge >= 0.3 is 0 Å². The first kappa shape index (κ1) is 20.9. The molecule has 0 radical (unpaired) electrons. The Morgan fingerprint density at radius 2 is 1.77 bits per heavy atom. The van der Waals surface area contributed by atoms with E-state index in [-0.39, 0.29) is 5.91 Å². The van der Waals surface area contributed by atoms with Crippen LogP contribution in [-0.2, 0) is 4.79 Å². The van der Waals surface area contributed by atoms with Gasteiger partial charge in [-0.3, -0.25) is 9.69 Å². The van der Waals surface area contributed by atoms with E-state index in [1.54, 1.807) is 7.11 Å². The van der Waals surface area contributed by atoms with Crippen LogP contribution in [0.1, 0.15) is 11.4 Å². The molecule has 1 aliphatic rings. The van der Waals surface area contributed by atoms with E-state index in [2.05, 4.69) is 41.1 Å². The van der Waals surface area contributed by atoms with Crippen LogP contribution in [0.5, 0.6) is 5.75 Å². The molecular weight excluding hydrogens is 390 g/mol. The van der Waals surface area contributed by atoms with Gasteiger partial charge in [0.1, 0.15) is 5.75 Å². The van der Waals surface area contributed by atoms with Gasteiger partial charge in [0, 0.05) is 37.9 Å². The zero-order chi connectivity index (χ0) is 21.8. The fourth-order valence-electron chi connectivity index (χ4n) is 4.15. The van der Waals surface area contributed by atoms with Crippen LogP contribution in [0.3, 0.4) is 0 Å². The van der Waals surface area contributed by atoms with Crippen LogP contribution in [-0.4, -0.2) is 60.4 Å². The fourth-order valence-corrected chi connectivity index (χ4v) is 4.15. The molecule has 1 aromatic heterocycles. The average Bonchev–Trinajstić information content (AvgIpc) is 3.09. The Morgan fingerprint density at radius 1 is 1.03 bits per heavy atom. The quantitative estimate of drug-likeness (QED) is 0.665. The summed E-state index contributed by atoms with van der Waals surface area (Å²) in [5.74, 6) is 0.721. The molecule has 31 heavy (non-hydrogen) atoms. The molecule has 1 fully saturated rings. The van der Waals surface area contributed by atoms with Crippen LogP contribution in [0.15, 0.2) is 54.6 Å². The first-order valence-electron chi connectivity index (χ1n) is 10.6. The Labute approximate surface area is 183 Å². The van der Waals surface area contributed by atoms with E-state index in [9.17, 15) is 4.79 Å². The first-order chi connectivity index (χ1) is 15.0. The number of aryl methyl sites for hydroxylation is 1. The predicted molar refractivity (Wildman–Crippen MR) is 123 cm³/mol. The van der Waals surface area contributed by atoms with Gasteiger partial charge in [-0.2, -0.15) is 5.10 Å². The first-order valence-corrected chi connectivity index (χ1v) is 10.6. The molecule has 7 nitrogen and oxygen atoms in total. The van der Waals surface area contributed by atoms with E-state index in [1.807, 2.05) is 47.1 Å². The second-order valence-corrected chi connectivity index (χ2v) is 7.81.